The van der Waals surface area contributed by atoms with E-state index in [0.717, 1.165) is 12.3 Å². The Bertz CT molecular complexity index is 1410. The van der Waals surface area contributed by atoms with Crippen LogP contribution in [0.5, 0.6) is 0 Å². The minimum absolute atomic E-state index is 0.192. The van der Waals surface area contributed by atoms with Crippen molar-refractivity contribution in [2.24, 2.45) is 0 Å². The number of benzene rings is 1. The molecule has 0 radical (unpaired) electrons. The van der Waals surface area contributed by atoms with Gasteiger partial charge in [-0.2, -0.15) is 17.9 Å². The molecule has 6 nitrogen and oxygen atoms in total. The van der Waals surface area contributed by atoms with Crippen LogP contribution in [0.1, 0.15) is 19.5 Å². The Morgan fingerprint density at radius 2 is 1.59 bits per heavy atom. The Morgan fingerprint density at radius 3 is 2.19 bits per heavy atom. The third kappa shape index (κ3) is 3.81. The van der Waals surface area contributed by atoms with Gasteiger partial charge in [-0.15, -0.1) is 0 Å². The maximum atomic E-state index is 12.9. The molecule has 1 aromatic carbocycles. The Labute approximate surface area is 182 Å². The van der Waals surface area contributed by atoms with Gasteiger partial charge in [0.1, 0.15) is 5.65 Å². The molecule has 32 heavy (non-hydrogen) atoms. The molecule has 0 aliphatic carbocycles. The van der Waals surface area contributed by atoms with E-state index in [0.29, 0.717) is 28.0 Å². The summed E-state index contributed by atoms with van der Waals surface area (Å²) in [6.07, 6.45) is -0.576. The molecule has 4 rings (SSSR count). The zero-order chi connectivity index (χ0) is 23.3. The highest BCUT2D eigenvalue weighted by atomic mass is 32.2. The van der Waals surface area contributed by atoms with E-state index in [1.807, 2.05) is 0 Å². The molecular formula is C22H18F3N3O3S. The molecule has 0 bridgehead atoms. The maximum absolute atomic E-state index is 12.9. The quantitative estimate of drug-likeness (QED) is 0.331. The van der Waals surface area contributed by atoms with Crippen molar-refractivity contribution in [2.75, 3.05) is 0 Å². The largest absolute Gasteiger partial charge is 0.618 e. The van der Waals surface area contributed by atoms with Gasteiger partial charge in [-0.05, 0) is 44.2 Å². The van der Waals surface area contributed by atoms with E-state index in [9.17, 15) is 26.8 Å². The highest BCUT2D eigenvalue weighted by Gasteiger charge is 2.39. The summed E-state index contributed by atoms with van der Waals surface area (Å²) in [6, 6.07) is 11.7. The lowest BCUT2D eigenvalue weighted by atomic mass is 10.1. The van der Waals surface area contributed by atoms with Crippen LogP contribution in [0.15, 0.2) is 72.0 Å². The fraction of sp³-hybridized carbons (Fsp3) is 0.182. The Balaban J connectivity index is 1.75. The van der Waals surface area contributed by atoms with Crippen LogP contribution in [0, 0.1) is 5.21 Å². The van der Waals surface area contributed by atoms with Gasteiger partial charge in [-0.1, -0.05) is 12.1 Å². The van der Waals surface area contributed by atoms with Gasteiger partial charge in [0, 0.05) is 29.0 Å². The smallest absolute Gasteiger partial charge is 0.478 e. The SMILES string of the molecule is CC(C)S(=O)(=O)c1ccc(-c2cnc3ccc(-c4ccc(C(F)(F)F)[n+]([O-])c4)cn23)cc1. The molecular weight excluding hydrogens is 443 g/mol. The fourth-order valence-electron chi connectivity index (χ4n) is 3.32. The van der Waals surface area contributed by atoms with Gasteiger partial charge in [-0.3, -0.25) is 4.40 Å². The summed E-state index contributed by atoms with van der Waals surface area (Å²) in [5.41, 5.74) is 1.51. The first-order valence-electron chi connectivity index (χ1n) is 9.61. The lowest BCUT2D eigenvalue weighted by Crippen LogP contribution is -2.36. The van der Waals surface area contributed by atoms with Crippen molar-refractivity contribution in [3.8, 4) is 22.4 Å². The molecule has 0 spiro atoms. The van der Waals surface area contributed by atoms with Crippen LogP contribution in [-0.4, -0.2) is 23.1 Å². The molecule has 0 unspecified atom stereocenters. The van der Waals surface area contributed by atoms with Gasteiger partial charge in [0.05, 0.1) is 22.0 Å². The monoisotopic (exact) mass is 461 g/mol. The van der Waals surface area contributed by atoms with Crippen LogP contribution in [0.2, 0.25) is 0 Å². The number of aromatic nitrogens is 3. The van der Waals surface area contributed by atoms with Crippen LogP contribution in [0.3, 0.4) is 0 Å². The van der Waals surface area contributed by atoms with Gasteiger partial charge < -0.3 is 5.21 Å². The number of sulfone groups is 1. The molecule has 0 fully saturated rings. The molecule has 0 atom stereocenters. The first kappa shape index (κ1) is 21.8. The number of nitrogens with zero attached hydrogens (tertiary/aromatic N) is 3. The van der Waals surface area contributed by atoms with Gasteiger partial charge in [0.15, 0.2) is 16.0 Å². The summed E-state index contributed by atoms with van der Waals surface area (Å²) >= 11 is 0. The summed E-state index contributed by atoms with van der Waals surface area (Å²) in [5, 5.41) is 11.3. The second kappa shape index (κ2) is 7.63. The molecule has 10 heteroatoms. The second-order valence-electron chi connectivity index (χ2n) is 7.53. The third-order valence-electron chi connectivity index (χ3n) is 5.14. The van der Waals surface area contributed by atoms with Crippen LogP contribution in [0.25, 0.3) is 28.0 Å². The lowest BCUT2D eigenvalue weighted by molar-refractivity contribution is -0.628. The van der Waals surface area contributed by atoms with Crippen LogP contribution >= 0.6 is 0 Å². The van der Waals surface area contributed by atoms with Crippen molar-refractivity contribution >= 4 is 15.5 Å². The average molecular weight is 461 g/mol. The molecule has 0 saturated carbocycles. The minimum atomic E-state index is -4.74. The predicted molar refractivity (Wildman–Crippen MR) is 112 cm³/mol. The van der Waals surface area contributed by atoms with E-state index in [1.54, 1.807) is 54.9 Å². The van der Waals surface area contributed by atoms with Crippen molar-refractivity contribution in [1.29, 1.82) is 0 Å². The van der Waals surface area contributed by atoms with Crippen molar-refractivity contribution in [3.63, 3.8) is 0 Å². The molecule has 0 N–H and O–H groups in total. The number of pyridine rings is 2. The summed E-state index contributed by atoms with van der Waals surface area (Å²) in [7, 11) is -3.40. The Kier molecular flexibility index (Phi) is 5.20. The van der Waals surface area contributed by atoms with E-state index in [2.05, 4.69) is 4.98 Å². The van der Waals surface area contributed by atoms with Crippen molar-refractivity contribution < 1.29 is 26.3 Å². The van der Waals surface area contributed by atoms with E-state index in [4.69, 9.17) is 0 Å². The van der Waals surface area contributed by atoms with E-state index >= 15 is 0 Å². The minimum Gasteiger partial charge on any atom is -0.618 e. The van der Waals surface area contributed by atoms with Crippen LogP contribution < -0.4 is 4.73 Å². The normalized spacial score (nSPS) is 12.6. The van der Waals surface area contributed by atoms with Gasteiger partial charge in [0.2, 0.25) is 0 Å². The molecule has 166 valence electrons. The summed E-state index contributed by atoms with van der Waals surface area (Å²) < 4.78 is 64.8. The summed E-state index contributed by atoms with van der Waals surface area (Å²) in [6.45, 7) is 3.23. The number of imidazole rings is 1. The van der Waals surface area contributed by atoms with Crippen LogP contribution in [0.4, 0.5) is 13.2 Å². The fourth-order valence-corrected chi connectivity index (χ4v) is 4.38. The molecule has 0 aliphatic rings. The first-order valence-corrected chi connectivity index (χ1v) is 11.2. The highest BCUT2D eigenvalue weighted by molar-refractivity contribution is 7.92. The average Bonchev–Trinajstić information content (AvgIpc) is 3.16. The second-order valence-corrected chi connectivity index (χ2v) is 10.0. The number of hydrogen-bond acceptors (Lipinski definition) is 4. The Hall–Kier alpha value is -3.40. The standard InChI is InChI=1S/C22H18F3N3O3S/c1-14(2)32(30,31)18-7-3-15(4-8-18)19-11-26-21-10-6-16(12-27(19)21)17-5-9-20(22(23,24)25)28(29)13-17/h3-14H,1-2H3. The van der Waals surface area contributed by atoms with Crippen molar-refractivity contribution in [3.05, 3.63) is 78.0 Å². The van der Waals surface area contributed by atoms with E-state index in [-0.39, 0.29) is 9.63 Å². The lowest BCUT2D eigenvalue weighted by Gasteiger charge is -2.10. The van der Waals surface area contributed by atoms with Crippen LogP contribution in [-0.2, 0) is 16.0 Å². The van der Waals surface area contributed by atoms with E-state index < -0.39 is 27.0 Å². The van der Waals surface area contributed by atoms with Crippen molar-refractivity contribution in [2.45, 2.75) is 30.2 Å². The number of rotatable bonds is 4. The predicted octanol–water partition coefficient (Wildman–Crippen LogP) is 4.50. The summed E-state index contributed by atoms with van der Waals surface area (Å²) in [5.74, 6) is 0. The van der Waals surface area contributed by atoms with Crippen molar-refractivity contribution in [1.82, 2.24) is 9.38 Å². The van der Waals surface area contributed by atoms with Gasteiger partial charge in [0.25, 0.3) is 5.69 Å². The molecule has 0 amide bonds. The molecule has 4 aromatic rings. The maximum Gasteiger partial charge on any atom is 0.478 e. The zero-order valence-electron chi connectivity index (χ0n) is 17.0. The first-order chi connectivity index (χ1) is 15.0. The number of halogens is 3. The third-order valence-corrected chi connectivity index (χ3v) is 7.31. The molecule has 0 saturated heterocycles. The molecule has 3 aromatic heterocycles. The number of hydrogen-bond donors (Lipinski definition) is 0. The topological polar surface area (TPSA) is 78.4 Å². The zero-order valence-corrected chi connectivity index (χ0v) is 17.9. The summed E-state index contributed by atoms with van der Waals surface area (Å²) in [4.78, 5) is 4.54. The van der Waals surface area contributed by atoms with E-state index in [1.165, 1.54) is 18.2 Å². The number of fused-ring (bicyclic) bond motifs is 1. The number of alkyl halides is 3. The van der Waals surface area contributed by atoms with Gasteiger partial charge in [-0.25, -0.2) is 13.4 Å². The molecule has 0 aliphatic heterocycles. The van der Waals surface area contributed by atoms with Gasteiger partial charge >= 0.3 is 6.18 Å². The Morgan fingerprint density at radius 1 is 0.969 bits per heavy atom. The molecule has 3 heterocycles. The highest BCUT2D eigenvalue weighted by Crippen LogP contribution is 2.29.